The van der Waals surface area contributed by atoms with E-state index in [1.165, 1.54) is 6.07 Å². The molecular formula is C11H12Cl2N6O. The predicted molar refractivity (Wildman–Crippen MR) is 75.1 cm³/mol. The molecule has 20 heavy (non-hydrogen) atoms. The maximum atomic E-state index is 12.0. The number of anilines is 1. The molecule has 0 radical (unpaired) electrons. The Kier molecular flexibility index (Phi) is 3.92. The number of rotatable bonds is 2. The van der Waals surface area contributed by atoms with E-state index in [-0.39, 0.29) is 27.5 Å². The van der Waals surface area contributed by atoms with Gasteiger partial charge in [0.05, 0.1) is 0 Å². The first-order chi connectivity index (χ1) is 9.25. The van der Waals surface area contributed by atoms with Crippen molar-refractivity contribution < 1.29 is 4.79 Å². The zero-order chi connectivity index (χ0) is 14.9. The molecule has 0 bridgehead atoms. The van der Waals surface area contributed by atoms with Crippen LogP contribution < -0.4 is 5.32 Å². The fourth-order valence-corrected chi connectivity index (χ4v) is 1.73. The number of hydrogen-bond acceptors (Lipinski definition) is 5. The predicted octanol–water partition coefficient (Wildman–Crippen LogP) is 2.45. The van der Waals surface area contributed by atoms with Crippen LogP contribution in [0.2, 0.25) is 10.4 Å². The Morgan fingerprint density at radius 1 is 1.25 bits per heavy atom. The Bertz CT molecular complexity index is 628. The minimum absolute atomic E-state index is 0.0146. The molecule has 0 saturated carbocycles. The molecule has 0 unspecified atom stereocenters. The molecule has 0 fully saturated rings. The average molecular weight is 315 g/mol. The first kappa shape index (κ1) is 14.7. The van der Waals surface area contributed by atoms with Crippen molar-refractivity contribution in [3.8, 4) is 0 Å². The van der Waals surface area contributed by atoms with E-state index in [0.29, 0.717) is 5.82 Å². The van der Waals surface area contributed by atoms with Crippen LogP contribution in [0.15, 0.2) is 6.07 Å². The van der Waals surface area contributed by atoms with Gasteiger partial charge in [0.1, 0.15) is 16.8 Å². The van der Waals surface area contributed by atoms with Gasteiger partial charge in [-0.3, -0.25) is 9.89 Å². The number of halogens is 2. The van der Waals surface area contributed by atoms with Gasteiger partial charge in [0.25, 0.3) is 5.91 Å². The van der Waals surface area contributed by atoms with Crippen molar-refractivity contribution in [1.82, 2.24) is 25.1 Å². The van der Waals surface area contributed by atoms with Crippen molar-refractivity contribution in [2.45, 2.75) is 26.2 Å². The molecular weight excluding hydrogens is 303 g/mol. The van der Waals surface area contributed by atoms with Crippen LogP contribution in [0.4, 0.5) is 5.82 Å². The normalized spacial score (nSPS) is 11.4. The van der Waals surface area contributed by atoms with E-state index >= 15 is 0 Å². The zero-order valence-corrected chi connectivity index (χ0v) is 12.5. The number of aromatic amines is 1. The zero-order valence-electron chi connectivity index (χ0n) is 11.0. The van der Waals surface area contributed by atoms with Gasteiger partial charge in [0.2, 0.25) is 11.1 Å². The molecule has 1 amide bonds. The van der Waals surface area contributed by atoms with Gasteiger partial charge in [-0.1, -0.05) is 32.4 Å². The molecule has 0 atom stereocenters. The topological polar surface area (TPSA) is 96.5 Å². The third-order valence-corrected chi connectivity index (χ3v) is 2.67. The lowest BCUT2D eigenvalue weighted by atomic mass is 9.96. The molecule has 2 heterocycles. The van der Waals surface area contributed by atoms with Gasteiger partial charge < -0.3 is 5.32 Å². The van der Waals surface area contributed by atoms with Crippen molar-refractivity contribution in [3.05, 3.63) is 28.2 Å². The van der Waals surface area contributed by atoms with E-state index in [2.05, 4.69) is 30.5 Å². The summed E-state index contributed by atoms with van der Waals surface area (Å²) in [4.78, 5) is 23.6. The molecule has 0 saturated heterocycles. The molecule has 0 aromatic carbocycles. The van der Waals surface area contributed by atoms with Crippen LogP contribution >= 0.6 is 23.2 Å². The second-order valence-electron chi connectivity index (χ2n) is 5.06. The van der Waals surface area contributed by atoms with Gasteiger partial charge in [0, 0.05) is 11.5 Å². The first-order valence-corrected chi connectivity index (χ1v) is 6.45. The fourth-order valence-electron chi connectivity index (χ4n) is 1.32. The van der Waals surface area contributed by atoms with Gasteiger partial charge >= 0.3 is 0 Å². The number of carbonyl (C=O) groups excluding carboxylic acids is 1. The maximum Gasteiger partial charge on any atom is 0.296 e. The van der Waals surface area contributed by atoms with Gasteiger partial charge in [-0.25, -0.2) is 15.0 Å². The molecule has 2 aromatic rings. The maximum absolute atomic E-state index is 12.0. The number of amides is 1. The number of nitrogens with zero attached hydrogens (tertiary/aromatic N) is 4. The molecule has 9 heteroatoms. The van der Waals surface area contributed by atoms with Crippen LogP contribution in [0.5, 0.6) is 0 Å². The Balaban J connectivity index is 2.18. The van der Waals surface area contributed by atoms with Gasteiger partial charge in [-0.05, 0) is 11.6 Å². The third-order valence-electron chi connectivity index (χ3n) is 2.31. The largest absolute Gasteiger partial charge is 0.304 e. The summed E-state index contributed by atoms with van der Waals surface area (Å²) in [5.74, 6) is 0.298. The van der Waals surface area contributed by atoms with Crippen molar-refractivity contribution in [3.63, 3.8) is 0 Å². The fraction of sp³-hybridized carbons (Fsp3) is 0.364. The summed E-state index contributed by atoms with van der Waals surface area (Å²) in [6.45, 7) is 5.87. The second kappa shape index (κ2) is 5.34. The van der Waals surface area contributed by atoms with E-state index in [0.717, 1.165) is 0 Å². The summed E-state index contributed by atoms with van der Waals surface area (Å²) < 4.78 is 0. The first-order valence-electron chi connectivity index (χ1n) is 5.70. The molecule has 106 valence electrons. The highest BCUT2D eigenvalue weighted by atomic mass is 35.5. The van der Waals surface area contributed by atoms with E-state index in [1.54, 1.807) is 0 Å². The molecule has 2 rings (SSSR count). The Morgan fingerprint density at radius 2 is 1.95 bits per heavy atom. The SMILES string of the molecule is CC(C)(C)c1nc(C(=O)Nc2cc(Cl)nc(Cl)n2)n[nH]1. The molecule has 0 spiro atoms. The minimum Gasteiger partial charge on any atom is -0.304 e. The third kappa shape index (κ3) is 3.43. The number of carbonyl (C=O) groups is 1. The lowest BCUT2D eigenvalue weighted by Gasteiger charge is -2.12. The molecule has 2 N–H and O–H groups in total. The molecule has 0 aliphatic heterocycles. The summed E-state index contributed by atoms with van der Waals surface area (Å²) in [5.41, 5.74) is -0.229. The summed E-state index contributed by atoms with van der Waals surface area (Å²) >= 11 is 11.4. The highest BCUT2D eigenvalue weighted by Crippen LogP contribution is 2.18. The summed E-state index contributed by atoms with van der Waals surface area (Å²) in [6, 6.07) is 1.38. The van der Waals surface area contributed by atoms with E-state index in [4.69, 9.17) is 23.2 Å². The highest BCUT2D eigenvalue weighted by Gasteiger charge is 2.21. The van der Waals surface area contributed by atoms with Gasteiger partial charge in [-0.15, -0.1) is 5.10 Å². The molecule has 0 aliphatic rings. The van der Waals surface area contributed by atoms with Crippen molar-refractivity contribution in [2.24, 2.45) is 0 Å². The van der Waals surface area contributed by atoms with Crippen LogP contribution in [0.25, 0.3) is 0 Å². The smallest absolute Gasteiger partial charge is 0.296 e. The van der Waals surface area contributed by atoms with Crippen molar-refractivity contribution >= 4 is 34.9 Å². The Morgan fingerprint density at radius 3 is 2.50 bits per heavy atom. The summed E-state index contributed by atoms with van der Waals surface area (Å²) in [6.07, 6.45) is 0. The monoisotopic (exact) mass is 314 g/mol. The quantitative estimate of drug-likeness (QED) is 0.655. The Hall–Kier alpha value is -1.73. The second-order valence-corrected chi connectivity index (χ2v) is 5.78. The highest BCUT2D eigenvalue weighted by molar-refractivity contribution is 6.32. The van der Waals surface area contributed by atoms with Crippen LogP contribution in [0, 0.1) is 0 Å². The molecule has 2 aromatic heterocycles. The van der Waals surface area contributed by atoms with E-state index in [9.17, 15) is 4.79 Å². The lowest BCUT2D eigenvalue weighted by Crippen LogP contribution is -2.16. The van der Waals surface area contributed by atoms with Crippen LogP contribution in [-0.2, 0) is 5.41 Å². The van der Waals surface area contributed by atoms with Crippen LogP contribution in [-0.4, -0.2) is 31.1 Å². The van der Waals surface area contributed by atoms with E-state index in [1.807, 2.05) is 20.8 Å². The average Bonchev–Trinajstić information content (AvgIpc) is 2.75. The lowest BCUT2D eigenvalue weighted by molar-refractivity contribution is 0.101. The standard InChI is InChI=1S/C11H12Cl2N6O/c1-11(2,3)9-17-7(18-19-9)8(20)15-6-4-5(12)14-10(13)16-6/h4H,1-3H3,(H,17,18,19)(H,14,15,16,20). The summed E-state index contributed by atoms with van der Waals surface area (Å²) in [7, 11) is 0. The van der Waals surface area contributed by atoms with Gasteiger partial charge in [0.15, 0.2) is 0 Å². The number of hydrogen-bond donors (Lipinski definition) is 2. The van der Waals surface area contributed by atoms with Crippen LogP contribution in [0.1, 0.15) is 37.2 Å². The number of nitrogens with one attached hydrogen (secondary N) is 2. The number of H-pyrrole nitrogens is 1. The van der Waals surface area contributed by atoms with Crippen molar-refractivity contribution in [1.29, 1.82) is 0 Å². The molecule has 7 nitrogen and oxygen atoms in total. The minimum atomic E-state index is -0.511. The van der Waals surface area contributed by atoms with Crippen molar-refractivity contribution in [2.75, 3.05) is 5.32 Å². The van der Waals surface area contributed by atoms with Crippen LogP contribution in [0.3, 0.4) is 0 Å². The summed E-state index contributed by atoms with van der Waals surface area (Å²) in [5, 5.41) is 9.17. The van der Waals surface area contributed by atoms with E-state index < -0.39 is 5.91 Å². The number of aromatic nitrogens is 5. The van der Waals surface area contributed by atoms with Gasteiger partial charge in [-0.2, -0.15) is 0 Å². The molecule has 0 aliphatic carbocycles. The Labute approximate surface area is 125 Å².